The number of benzene rings is 1. The van der Waals surface area contributed by atoms with E-state index in [-0.39, 0.29) is 11.9 Å². The average Bonchev–Trinajstić information content (AvgIpc) is 2.39. The van der Waals surface area contributed by atoms with Gasteiger partial charge in [0.05, 0.1) is 11.7 Å². The van der Waals surface area contributed by atoms with Crippen molar-refractivity contribution in [3.8, 4) is 0 Å². The normalized spacial score (nSPS) is 12.4. The number of pyridine rings is 1. The predicted octanol–water partition coefficient (Wildman–Crippen LogP) is 2.73. The first-order chi connectivity index (χ1) is 8.70. The second-order valence-electron chi connectivity index (χ2n) is 3.91. The number of hydrogen-bond donors (Lipinski definition) is 2. The molecule has 18 heavy (non-hydrogen) atoms. The molecule has 0 aliphatic heterocycles. The molecule has 0 bridgehead atoms. The van der Waals surface area contributed by atoms with Crippen LogP contribution in [0.2, 0.25) is 0 Å². The van der Waals surface area contributed by atoms with Crippen LogP contribution in [0.5, 0.6) is 0 Å². The van der Waals surface area contributed by atoms with Crippen LogP contribution in [0.3, 0.4) is 0 Å². The molecule has 3 N–H and O–H groups in total. The lowest BCUT2D eigenvalue weighted by atomic mass is 10.0. The van der Waals surface area contributed by atoms with E-state index in [0.29, 0.717) is 6.42 Å². The van der Waals surface area contributed by atoms with E-state index < -0.39 is 0 Å². The van der Waals surface area contributed by atoms with Crippen molar-refractivity contribution < 1.29 is 4.39 Å². The fourth-order valence-electron chi connectivity index (χ4n) is 1.74. The Morgan fingerprint density at radius 1 is 1.33 bits per heavy atom. The molecule has 0 fully saturated rings. The number of rotatable bonds is 4. The van der Waals surface area contributed by atoms with E-state index in [1.807, 2.05) is 18.2 Å². The van der Waals surface area contributed by atoms with Crippen LogP contribution in [0.4, 0.5) is 4.39 Å². The summed E-state index contributed by atoms with van der Waals surface area (Å²) in [4.78, 5) is 4.26. The molecule has 5 heteroatoms. The van der Waals surface area contributed by atoms with Crippen LogP contribution < -0.4 is 11.3 Å². The van der Waals surface area contributed by atoms with Gasteiger partial charge in [0.1, 0.15) is 5.82 Å². The first-order valence-electron chi connectivity index (χ1n) is 5.51. The summed E-state index contributed by atoms with van der Waals surface area (Å²) in [7, 11) is 0. The molecule has 1 aromatic carbocycles. The maximum atomic E-state index is 13.0. The SMILES string of the molecule is NNC(Cc1ccc(F)cc1Br)c1ccccn1. The molecule has 0 aliphatic rings. The standard InChI is InChI=1S/C13H13BrFN3/c14-11-8-10(15)5-4-9(11)7-13(18-16)12-3-1-2-6-17-12/h1-6,8,13,18H,7,16H2. The molecule has 2 aromatic rings. The van der Waals surface area contributed by atoms with Crippen molar-refractivity contribution in [1.82, 2.24) is 10.4 Å². The smallest absolute Gasteiger partial charge is 0.124 e. The van der Waals surface area contributed by atoms with Gasteiger partial charge in [-0.15, -0.1) is 0 Å². The van der Waals surface area contributed by atoms with Crippen molar-refractivity contribution >= 4 is 15.9 Å². The van der Waals surface area contributed by atoms with E-state index in [4.69, 9.17) is 5.84 Å². The molecule has 2 rings (SSSR count). The number of aromatic nitrogens is 1. The molecule has 0 amide bonds. The monoisotopic (exact) mass is 309 g/mol. The van der Waals surface area contributed by atoms with Crippen LogP contribution in [0.15, 0.2) is 47.1 Å². The maximum absolute atomic E-state index is 13.0. The highest BCUT2D eigenvalue weighted by Crippen LogP contribution is 2.23. The minimum atomic E-state index is -0.263. The van der Waals surface area contributed by atoms with Gasteiger partial charge in [0, 0.05) is 10.7 Å². The number of nitrogens with two attached hydrogens (primary N) is 1. The highest BCUT2D eigenvalue weighted by Gasteiger charge is 2.13. The molecule has 1 unspecified atom stereocenters. The Morgan fingerprint density at radius 3 is 2.78 bits per heavy atom. The van der Waals surface area contributed by atoms with E-state index in [1.165, 1.54) is 12.1 Å². The molecule has 0 saturated heterocycles. The number of halogens is 2. The van der Waals surface area contributed by atoms with Crippen LogP contribution >= 0.6 is 15.9 Å². The molecule has 0 spiro atoms. The van der Waals surface area contributed by atoms with Crippen molar-refractivity contribution in [3.63, 3.8) is 0 Å². The molecule has 1 atom stereocenters. The largest absolute Gasteiger partial charge is 0.271 e. The summed E-state index contributed by atoms with van der Waals surface area (Å²) >= 11 is 3.35. The zero-order valence-corrected chi connectivity index (χ0v) is 11.2. The highest BCUT2D eigenvalue weighted by atomic mass is 79.9. The molecular weight excluding hydrogens is 297 g/mol. The predicted molar refractivity (Wildman–Crippen MR) is 72.1 cm³/mol. The Hall–Kier alpha value is -1.30. The van der Waals surface area contributed by atoms with Gasteiger partial charge in [0.2, 0.25) is 0 Å². The Morgan fingerprint density at radius 2 is 2.17 bits per heavy atom. The Kier molecular flexibility index (Phi) is 4.41. The second-order valence-corrected chi connectivity index (χ2v) is 4.77. The summed E-state index contributed by atoms with van der Waals surface area (Å²) in [6, 6.07) is 10.2. The summed E-state index contributed by atoms with van der Waals surface area (Å²) in [6.45, 7) is 0. The molecule has 1 aromatic heterocycles. The number of nitrogens with zero attached hydrogens (tertiary/aromatic N) is 1. The second kappa shape index (κ2) is 6.04. The maximum Gasteiger partial charge on any atom is 0.124 e. The van der Waals surface area contributed by atoms with E-state index in [2.05, 4.69) is 26.3 Å². The zero-order valence-electron chi connectivity index (χ0n) is 9.61. The van der Waals surface area contributed by atoms with Crippen molar-refractivity contribution in [3.05, 3.63) is 64.1 Å². The van der Waals surface area contributed by atoms with Crippen molar-refractivity contribution in [2.24, 2.45) is 5.84 Å². The third kappa shape index (κ3) is 3.13. The van der Waals surface area contributed by atoms with Crippen molar-refractivity contribution in [1.29, 1.82) is 0 Å². The molecule has 0 aliphatic carbocycles. The minimum absolute atomic E-state index is 0.104. The first-order valence-corrected chi connectivity index (χ1v) is 6.31. The lowest BCUT2D eigenvalue weighted by molar-refractivity contribution is 0.536. The van der Waals surface area contributed by atoms with Crippen LogP contribution in [0.1, 0.15) is 17.3 Å². The van der Waals surface area contributed by atoms with Gasteiger partial charge >= 0.3 is 0 Å². The average molecular weight is 310 g/mol. The molecule has 94 valence electrons. The van der Waals surface area contributed by atoms with Gasteiger partial charge in [-0.05, 0) is 36.2 Å². The Balaban J connectivity index is 2.21. The van der Waals surface area contributed by atoms with E-state index in [1.54, 1.807) is 12.3 Å². The van der Waals surface area contributed by atoms with Crippen molar-refractivity contribution in [2.45, 2.75) is 12.5 Å². The van der Waals surface area contributed by atoms with Crippen molar-refractivity contribution in [2.75, 3.05) is 0 Å². The minimum Gasteiger partial charge on any atom is -0.271 e. The van der Waals surface area contributed by atoms with Gasteiger partial charge in [-0.1, -0.05) is 28.1 Å². The summed E-state index contributed by atoms with van der Waals surface area (Å²) in [6.07, 6.45) is 2.35. The van der Waals surface area contributed by atoms with E-state index in [0.717, 1.165) is 15.7 Å². The van der Waals surface area contributed by atoms with Gasteiger partial charge in [0.15, 0.2) is 0 Å². The summed E-state index contributed by atoms with van der Waals surface area (Å²) < 4.78 is 13.7. The Bertz CT molecular complexity index is 519. The summed E-state index contributed by atoms with van der Waals surface area (Å²) in [5, 5.41) is 0. The van der Waals surface area contributed by atoms with Gasteiger partial charge in [-0.3, -0.25) is 16.3 Å². The quantitative estimate of drug-likeness (QED) is 0.674. The molecule has 1 heterocycles. The van der Waals surface area contributed by atoms with Crippen LogP contribution in [-0.2, 0) is 6.42 Å². The van der Waals surface area contributed by atoms with Gasteiger partial charge in [0.25, 0.3) is 0 Å². The van der Waals surface area contributed by atoms with Crippen LogP contribution in [-0.4, -0.2) is 4.98 Å². The summed E-state index contributed by atoms with van der Waals surface area (Å²) in [5.74, 6) is 5.29. The number of hydrogen-bond acceptors (Lipinski definition) is 3. The first kappa shape index (κ1) is 13.1. The van der Waals surface area contributed by atoms with Crippen LogP contribution in [0, 0.1) is 5.82 Å². The molecule has 0 radical (unpaired) electrons. The lowest BCUT2D eigenvalue weighted by Crippen LogP contribution is -2.30. The fraction of sp³-hybridized carbons (Fsp3) is 0.154. The van der Waals surface area contributed by atoms with E-state index >= 15 is 0 Å². The van der Waals surface area contributed by atoms with Crippen LogP contribution in [0.25, 0.3) is 0 Å². The summed E-state index contributed by atoms with van der Waals surface area (Å²) in [5.41, 5.74) is 4.57. The number of hydrazine groups is 1. The van der Waals surface area contributed by atoms with Gasteiger partial charge in [-0.2, -0.15) is 0 Å². The third-order valence-corrected chi connectivity index (χ3v) is 3.42. The van der Waals surface area contributed by atoms with E-state index in [9.17, 15) is 4.39 Å². The lowest BCUT2D eigenvalue weighted by Gasteiger charge is -2.16. The topological polar surface area (TPSA) is 50.9 Å². The number of nitrogens with one attached hydrogen (secondary N) is 1. The highest BCUT2D eigenvalue weighted by molar-refractivity contribution is 9.10. The Labute approximate surface area is 113 Å². The molecular formula is C13H13BrFN3. The fourth-order valence-corrected chi connectivity index (χ4v) is 2.25. The van der Waals surface area contributed by atoms with Gasteiger partial charge in [-0.25, -0.2) is 4.39 Å². The molecule has 3 nitrogen and oxygen atoms in total. The zero-order chi connectivity index (χ0) is 13.0. The third-order valence-electron chi connectivity index (χ3n) is 2.69. The molecule has 0 saturated carbocycles. The van der Waals surface area contributed by atoms with Gasteiger partial charge < -0.3 is 0 Å².